The number of unbranched alkanes of at least 4 members (excludes halogenated alkanes) is 17. The van der Waals surface area contributed by atoms with Crippen LogP contribution in [0.4, 0.5) is 0 Å². The maximum absolute atomic E-state index is 3.88. The fourth-order valence-corrected chi connectivity index (χ4v) is 3.28. The standard InChI is InChI=1S/C18H37.C8H19N.Mg/c1-3-5-7-9-11-13-15-17-18-16-14-12-10-8-6-4-2;1-3-5-7-9-8-6-4-2;/h1,3-18H2,2H3;9H,3-8H2,1-2H3;/q-1;;+2. The Hall–Kier alpha value is 0.726. The molecule has 0 saturated carbocycles. The summed E-state index contributed by atoms with van der Waals surface area (Å²) in [6.07, 6.45) is 28.1. The Bertz CT molecular complexity index is 198. The Labute approximate surface area is 197 Å². The van der Waals surface area contributed by atoms with Crippen molar-refractivity contribution in [3.05, 3.63) is 6.92 Å². The van der Waals surface area contributed by atoms with Crippen LogP contribution in [-0.4, -0.2) is 36.1 Å². The van der Waals surface area contributed by atoms with E-state index in [9.17, 15) is 0 Å². The molecule has 0 rings (SSSR count). The average Bonchev–Trinajstić information content (AvgIpc) is 2.69. The SMILES string of the molecule is CCCCNCCCC.[CH2-]CCCCCCCCCCCCCCCCC.[Mg+2]. The van der Waals surface area contributed by atoms with Crippen molar-refractivity contribution in [2.24, 2.45) is 0 Å². The normalized spacial score (nSPS) is 10.3. The topological polar surface area (TPSA) is 12.0 Å². The van der Waals surface area contributed by atoms with E-state index < -0.39 is 0 Å². The maximum Gasteiger partial charge on any atom is 2.00 e. The van der Waals surface area contributed by atoms with Crippen LogP contribution >= 0.6 is 0 Å². The van der Waals surface area contributed by atoms with Crippen LogP contribution in [0.15, 0.2) is 0 Å². The minimum absolute atomic E-state index is 0. The van der Waals surface area contributed by atoms with E-state index in [-0.39, 0.29) is 23.1 Å². The number of rotatable bonds is 21. The molecule has 0 atom stereocenters. The van der Waals surface area contributed by atoms with Gasteiger partial charge in [0.2, 0.25) is 0 Å². The first-order chi connectivity index (χ1) is 13.3. The van der Waals surface area contributed by atoms with E-state index in [0.29, 0.717) is 0 Å². The molecule has 0 aliphatic carbocycles. The van der Waals surface area contributed by atoms with Crippen molar-refractivity contribution < 1.29 is 0 Å². The van der Waals surface area contributed by atoms with Crippen molar-refractivity contribution in [1.29, 1.82) is 0 Å². The molecule has 0 aromatic carbocycles. The van der Waals surface area contributed by atoms with E-state index in [1.54, 1.807) is 0 Å². The van der Waals surface area contributed by atoms with Crippen LogP contribution in [-0.2, 0) is 0 Å². The van der Waals surface area contributed by atoms with Crippen LogP contribution in [0.5, 0.6) is 0 Å². The van der Waals surface area contributed by atoms with Gasteiger partial charge in [0.1, 0.15) is 0 Å². The van der Waals surface area contributed by atoms with Crippen molar-refractivity contribution in [3.63, 3.8) is 0 Å². The second-order valence-electron chi connectivity index (χ2n) is 8.26. The zero-order valence-corrected chi connectivity index (χ0v) is 21.9. The van der Waals surface area contributed by atoms with E-state index in [4.69, 9.17) is 0 Å². The van der Waals surface area contributed by atoms with Gasteiger partial charge in [-0.3, -0.25) is 0 Å². The zero-order valence-electron chi connectivity index (χ0n) is 20.5. The molecule has 2 heteroatoms. The molecule has 0 radical (unpaired) electrons. The number of hydrogen-bond acceptors (Lipinski definition) is 1. The summed E-state index contributed by atoms with van der Waals surface area (Å²) in [6, 6.07) is 0. The Kier molecular flexibility index (Phi) is 41.9. The van der Waals surface area contributed by atoms with E-state index in [1.165, 1.54) is 135 Å². The molecule has 0 fully saturated rings. The Balaban J connectivity index is -0.000000530. The van der Waals surface area contributed by atoms with Gasteiger partial charge in [-0.2, -0.15) is 6.42 Å². The smallest absolute Gasteiger partial charge is 0.343 e. The van der Waals surface area contributed by atoms with Crippen molar-refractivity contribution in [2.45, 2.75) is 149 Å². The summed E-state index contributed by atoms with van der Waals surface area (Å²) < 4.78 is 0. The Morgan fingerprint density at radius 3 is 1.00 bits per heavy atom. The van der Waals surface area contributed by atoms with Gasteiger partial charge in [0, 0.05) is 0 Å². The molecule has 0 bridgehead atoms. The van der Waals surface area contributed by atoms with Crippen LogP contribution in [0.3, 0.4) is 0 Å². The summed E-state index contributed by atoms with van der Waals surface area (Å²) in [5.74, 6) is 0. The third-order valence-electron chi connectivity index (χ3n) is 5.27. The van der Waals surface area contributed by atoms with Crippen molar-refractivity contribution in [2.75, 3.05) is 13.1 Å². The summed E-state index contributed by atoms with van der Waals surface area (Å²) in [5, 5.41) is 3.39. The van der Waals surface area contributed by atoms with Crippen LogP contribution in [0.2, 0.25) is 0 Å². The number of hydrogen-bond donors (Lipinski definition) is 1. The van der Waals surface area contributed by atoms with E-state index in [0.717, 1.165) is 6.42 Å². The first kappa shape index (κ1) is 33.4. The first-order valence-electron chi connectivity index (χ1n) is 12.8. The van der Waals surface area contributed by atoms with Crippen molar-refractivity contribution in [3.8, 4) is 0 Å². The quantitative estimate of drug-likeness (QED) is 0.114. The van der Waals surface area contributed by atoms with Crippen molar-refractivity contribution >= 4 is 23.1 Å². The number of nitrogens with one attached hydrogen (secondary N) is 1. The van der Waals surface area contributed by atoms with Crippen LogP contribution in [0.25, 0.3) is 0 Å². The fourth-order valence-electron chi connectivity index (χ4n) is 3.28. The van der Waals surface area contributed by atoms with E-state index in [2.05, 4.69) is 33.0 Å². The first-order valence-corrected chi connectivity index (χ1v) is 12.8. The summed E-state index contributed by atoms with van der Waals surface area (Å²) in [6.45, 7) is 13.0. The monoisotopic (exact) mass is 406 g/mol. The average molecular weight is 407 g/mol. The maximum atomic E-state index is 3.88. The van der Waals surface area contributed by atoms with Gasteiger partial charge in [-0.15, -0.1) is 0 Å². The molecule has 0 aliphatic heterocycles. The summed E-state index contributed by atoms with van der Waals surface area (Å²) in [5.41, 5.74) is 0. The molecule has 0 spiro atoms. The molecule has 1 nitrogen and oxygen atoms in total. The molecule has 0 aromatic rings. The molecule has 0 saturated heterocycles. The largest absolute Gasteiger partial charge is 2.00 e. The van der Waals surface area contributed by atoms with Gasteiger partial charge in [0.25, 0.3) is 0 Å². The van der Waals surface area contributed by atoms with Crippen LogP contribution in [0.1, 0.15) is 149 Å². The molecule has 166 valence electrons. The van der Waals surface area contributed by atoms with E-state index in [1.807, 2.05) is 0 Å². The van der Waals surface area contributed by atoms with E-state index >= 15 is 0 Å². The van der Waals surface area contributed by atoms with Gasteiger partial charge in [-0.25, -0.2) is 0 Å². The Morgan fingerprint density at radius 1 is 0.429 bits per heavy atom. The molecule has 0 amide bonds. The minimum atomic E-state index is 0. The molecule has 0 unspecified atom stereocenters. The fraction of sp³-hybridized carbons (Fsp3) is 0.962. The summed E-state index contributed by atoms with van der Waals surface area (Å²) >= 11 is 0. The third-order valence-corrected chi connectivity index (χ3v) is 5.27. The van der Waals surface area contributed by atoms with Gasteiger partial charge < -0.3 is 12.2 Å². The predicted molar refractivity (Wildman–Crippen MR) is 133 cm³/mol. The molecule has 0 aromatic heterocycles. The van der Waals surface area contributed by atoms with Crippen molar-refractivity contribution in [1.82, 2.24) is 5.32 Å². The molecular weight excluding hydrogens is 351 g/mol. The second kappa shape index (κ2) is 35.2. The van der Waals surface area contributed by atoms with Gasteiger partial charge in [-0.05, 0) is 25.9 Å². The van der Waals surface area contributed by atoms with Gasteiger partial charge in [-0.1, -0.05) is 130 Å². The molecule has 0 aliphatic rings. The second-order valence-corrected chi connectivity index (χ2v) is 8.26. The molecular formula is C26H56MgN+. The summed E-state index contributed by atoms with van der Waals surface area (Å²) in [7, 11) is 0. The summed E-state index contributed by atoms with van der Waals surface area (Å²) in [4.78, 5) is 0. The van der Waals surface area contributed by atoms with Gasteiger partial charge in [0.15, 0.2) is 0 Å². The van der Waals surface area contributed by atoms with Gasteiger partial charge >= 0.3 is 23.1 Å². The van der Waals surface area contributed by atoms with Crippen LogP contribution < -0.4 is 5.32 Å². The molecule has 28 heavy (non-hydrogen) atoms. The van der Waals surface area contributed by atoms with Gasteiger partial charge in [0.05, 0.1) is 0 Å². The minimum Gasteiger partial charge on any atom is -0.343 e. The predicted octanol–water partition coefficient (Wildman–Crippen LogP) is 8.88. The molecule has 0 heterocycles. The van der Waals surface area contributed by atoms with Crippen LogP contribution in [0, 0.1) is 6.92 Å². The Morgan fingerprint density at radius 2 is 0.714 bits per heavy atom. The zero-order chi connectivity index (χ0) is 20.3. The molecule has 1 N–H and O–H groups in total. The third kappa shape index (κ3) is 37.5.